The van der Waals surface area contributed by atoms with Crippen molar-refractivity contribution in [3.05, 3.63) is 45.5 Å². The van der Waals surface area contributed by atoms with Gasteiger partial charge in [0.1, 0.15) is 18.1 Å². The van der Waals surface area contributed by atoms with E-state index in [0.29, 0.717) is 30.3 Å². The summed E-state index contributed by atoms with van der Waals surface area (Å²) in [6, 6.07) is 7.89. The van der Waals surface area contributed by atoms with Crippen molar-refractivity contribution in [1.29, 1.82) is 0 Å². The van der Waals surface area contributed by atoms with Crippen LogP contribution in [0, 0.1) is 0 Å². The second-order valence-corrected chi connectivity index (χ2v) is 8.05. The third kappa shape index (κ3) is 3.92. The molecule has 1 atom stereocenters. The lowest BCUT2D eigenvalue weighted by Gasteiger charge is -2.26. The van der Waals surface area contributed by atoms with Crippen LogP contribution in [0.15, 0.2) is 28.7 Å². The number of nitrogens with zero attached hydrogens (tertiary/aromatic N) is 2. The normalized spacial score (nSPS) is 20.9. The zero-order valence-corrected chi connectivity index (χ0v) is 15.8. The number of likely N-dealkylation sites (tertiary alicyclic amines) is 1. The molecule has 4 heterocycles. The molecule has 8 heteroatoms. The van der Waals surface area contributed by atoms with Crippen LogP contribution in [0.25, 0.3) is 0 Å². The van der Waals surface area contributed by atoms with E-state index >= 15 is 0 Å². The first-order valence-electron chi connectivity index (χ1n) is 9.22. The van der Waals surface area contributed by atoms with Gasteiger partial charge >= 0.3 is 0 Å². The summed E-state index contributed by atoms with van der Waals surface area (Å²) in [4.78, 5) is 30.0. The number of rotatable bonds is 5. The number of carbonyl (C=O) groups is 2. The van der Waals surface area contributed by atoms with Gasteiger partial charge in [-0.15, -0.1) is 11.3 Å². The van der Waals surface area contributed by atoms with E-state index in [2.05, 4.69) is 10.2 Å². The molecule has 0 spiro atoms. The SMILES string of the molecule is O=C1CN(C(=O)c2ccc([C@H]3CCCN3Cc3ccc(CO)o3)s2)CCN1. The molecule has 2 N–H and O–H groups in total. The van der Waals surface area contributed by atoms with Gasteiger partial charge in [0.15, 0.2) is 0 Å². The molecular formula is C19H23N3O4S. The van der Waals surface area contributed by atoms with Crippen LogP contribution in [0.1, 0.15) is 45.0 Å². The Bertz CT molecular complexity index is 831. The van der Waals surface area contributed by atoms with Crippen molar-refractivity contribution < 1.29 is 19.1 Å². The maximum atomic E-state index is 12.7. The van der Waals surface area contributed by atoms with E-state index in [1.807, 2.05) is 18.2 Å². The van der Waals surface area contributed by atoms with E-state index in [1.54, 1.807) is 11.0 Å². The molecule has 144 valence electrons. The summed E-state index contributed by atoms with van der Waals surface area (Å²) in [6.45, 7) is 2.78. The maximum Gasteiger partial charge on any atom is 0.264 e. The first-order chi connectivity index (χ1) is 13.1. The quantitative estimate of drug-likeness (QED) is 0.814. The average Bonchev–Trinajstić information content (AvgIpc) is 3.42. The van der Waals surface area contributed by atoms with Crippen LogP contribution in [-0.2, 0) is 17.9 Å². The number of hydrogen-bond acceptors (Lipinski definition) is 6. The number of aliphatic hydroxyl groups is 1. The summed E-state index contributed by atoms with van der Waals surface area (Å²) in [5, 5.41) is 11.9. The fourth-order valence-electron chi connectivity index (χ4n) is 3.74. The molecular weight excluding hydrogens is 366 g/mol. The van der Waals surface area contributed by atoms with E-state index in [-0.39, 0.29) is 31.0 Å². The number of hydrogen-bond donors (Lipinski definition) is 2. The molecule has 0 unspecified atom stereocenters. The molecule has 2 saturated heterocycles. The summed E-state index contributed by atoms with van der Waals surface area (Å²) in [5.41, 5.74) is 0. The van der Waals surface area contributed by atoms with Crippen molar-refractivity contribution in [2.45, 2.75) is 32.0 Å². The van der Waals surface area contributed by atoms with Crippen molar-refractivity contribution in [2.24, 2.45) is 0 Å². The average molecular weight is 389 g/mol. The van der Waals surface area contributed by atoms with Crippen molar-refractivity contribution in [3.8, 4) is 0 Å². The molecule has 2 aliphatic rings. The molecule has 0 aliphatic carbocycles. The lowest BCUT2D eigenvalue weighted by Crippen LogP contribution is -2.49. The predicted octanol–water partition coefficient (Wildman–Crippen LogP) is 1.74. The largest absolute Gasteiger partial charge is 0.462 e. The van der Waals surface area contributed by atoms with Crippen molar-refractivity contribution in [3.63, 3.8) is 0 Å². The monoisotopic (exact) mass is 389 g/mol. The van der Waals surface area contributed by atoms with Gasteiger partial charge in [0.2, 0.25) is 5.91 Å². The van der Waals surface area contributed by atoms with Crippen molar-refractivity contribution >= 4 is 23.2 Å². The van der Waals surface area contributed by atoms with Crippen molar-refractivity contribution in [1.82, 2.24) is 15.1 Å². The minimum Gasteiger partial charge on any atom is -0.462 e. The lowest BCUT2D eigenvalue weighted by molar-refractivity contribution is -0.123. The van der Waals surface area contributed by atoms with E-state index in [0.717, 1.165) is 25.1 Å². The molecule has 0 aromatic carbocycles. The summed E-state index contributed by atoms with van der Waals surface area (Å²) < 4.78 is 5.62. The second-order valence-electron chi connectivity index (χ2n) is 6.93. The molecule has 0 saturated carbocycles. The smallest absolute Gasteiger partial charge is 0.264 e. The number of nitrogens with one attached hydrogen (secondary N) is 1. The molecule has 2 aromatic rings. The Morgan fingerprint density at radius 2 is 2.11 bits per heavy atom. The summed E-state index contributed by atoms with van der Waals surface area (Å²) >= 11 is 1.52. The molecule has 27 heavy (non-hydrogen) atoms. The molecule has 2 amide bonds. The Morgan fingerprint density at radius 3 is 2.89 bits per heavy atom. The molecule has 2 aliphatic heterocycles. The Labute approximate surface area is 161 Å². The Hall–Kier alpha value is -2.16. The highest BCUT2D eigenvalue weighted by Crippen LogP contribution is 2.37. The third-order valence-corrected chi connectivity index (χ3v) is 6.26. The topological polar surface area (TPSA) is 86.0 Å². The predicted molar refractivity (Wildman–Crippen MR) is 100 cm³/mol. The highest BCUT2D eigenvalue weighted by Gasteiger charge is 2.30. The fraction of sp³-hybridized carbons (Fsp3) is 0.474. The first kappa shape index (κ1) is 18.2. The molecule has 0 radical (unpaired) electrons. The fourth-order valence-corrected chi connectivity index (χ4v) is 4.89. The highest BCUT2D eigenvalue weighted by molar-refractivity contribution is 7.14. The van der Waals surface area contributed by atoms with E-state index in [4.69, 9.17) is 9.52 Å². The van der Waals surface area contributed by atoms with Gasteiger partial charge in [0, 0.05) is 24.0 Å². The van der Waals surface area contributed by atoms with Crippen LogP contribution < -0.4 is 5.32 Å². The summed E-state index contributed by atoms with van der Waals surface area (Å²) in [5.74, 6) is 1.26. The summed E-state index contributed by atoms with van der Waals surface area (Å²) in [6.07, 6.45) is 2.15. The zero-order valence-electron chi connectivity index (χ0n) is 15.0. The Morgan fingerprint density at radius 1 is 1.26 bits per heavy atom. The third-order valence-electron chi connectivity index (χ3n) is 5.09. The van der Waals surface area contributed by atoms with Gasteiger partial charge in [-0.2, -0.15) is 0 Å². The van der Waals surface area contributed by atoms with E-state index in [1.165, 1.54) is 16.2 Å². The Balaban J connectivity index is 1.45. The molecule has 0 bridgehead atoms. The number of furan rings is 1. The van der Waals surface area contributed by atoms with Crippen LogP contribution in [0.3, 0.4) is 0 Å². The molecule has 2 fully saturated rings. The van der Waals surface area contributed by atoms with Gasteiger partial charge in [0.05, 0.1) is 18.0 Å². The van der Waals surface area contributed by atoms with Gasteiger partial charge in [-0.1, -0.05) is 0 Å². The standard InChI is InChI=1S/C19H23N3O4S/c23-12-14-4-3-13(26-14)10-21-8-1-2-15(21)16-5-6-17(27-16)19(25)22-9-7-20-18(24)11-22/h3-6,15,23H,1-2,7-12H2,(H,20,24)/t15-/m1/s1. The minimum absolute atomic E-state index is 0.0655. The van der Waals surface area contributed by atoms with Crippen molar-refractivity contribution in [2.75, 3.05) is 26.2 Å². The number of piperazine rings is 1. The van der Waals surface area contributed by atoms with Gasteiger partial charge in [-0.25, -0.2) is 0 Å². The number of carbonyl (C=O) groups excluding carboxylic acids is 2. The molecule has 7 nitrogen and oxygen atoms in total. The van der Waals surface area contributed by atoms with Crippen LogP contribution in [0.5, 0.6) is 0 Å². The van der Waals surface area contributed by atoms with Crippen LogP contribution in [0.4, 0.5) is 0 Å². The number of aliphatic hydroxyl groups excluding tert-OH is 1. The second kappa shape index (κ2) is 7.84. The minimum atomic E-state index is -0.103. The Kier molecular flexibility index (Phi) is 5.29. The summed E-state index contributed by atoms with van der Waals surface area (Å²) in [7, 11) is 0. The number of thiophene rings is 1. The van der Waals surface area contributed by atoms with Gasteiger partial charge < -0.3 is 19.7 Å². The van der Waals surface area contributed by atoms with Gasteiger partial charge in [-0.05, 0) is 43.7 Å². The van der Waals surface area contributed by atoms with Crippen LogP contribution in [0.2, 0.25) is 0 Å². The number of amides is 2. The van der Waals surface area contributed by atoms with Crippen LogP contribution in [-0.4, -0.2) is 52.9 Å². The van der Waals surface area contributed by atoms with Gasteiger partial charge in [0.25, 0.3) is 5.91 Å². The first-order valence-corrected chi connectivity index (χ1v) is 10.0. The van der Waals surface area contributed by atoms with E-state index < -0.39 is 0 Å². The molecule has 2 aromatic heterocycles. The maximum absolute atomic E-state index is 12.7. The lowest BCUT2D eigenvalue weighted by atomic mass is 10.2. The van der Waals surface area contributed by atoms with Gasteiger partial charge in [-0.3, -0.25) is 14.5 Å². The highest BCUT2D eigenvalue weighted by atomic mass is 32.1. The van der Waals surface area contributed by atoms with E-state index in [9.17, 15) is 9.59 Å². The zero-order chi connectivity index (χ0) is 18.8. The van der Waals surface area contributed by atoms with Crippen LogP contribution >= 0.6 is 11.3 Å². The molecule has 4 rings (SSSR count).